The van der Waals surface area contributed by atoms with Gasteiger partial charge in [0.1, 0.15) is 5.69 Å². The summed E-state index contributed by atoms with van der Waals surface area (Å²) < 4.78 is 11.1. The van der Waals surface area contributed by atoms with Crippen molar-refractivity contribution in [3.8, 4) is 0 Å². The molecule has 1 aliphatic heterocycles. The Morgan fingerprint density at radius 2 is 1.82 bits per heavy atom. The van der Waals surface area contributed by atoms with Gasteiger partial charge < -0.3 is 19.7 Å². The van der Waals surface area contributed by atoms with Crippen molar-refractivity contribution in [1.29, 1.82) is 0 Å². The van der Waals surface area contributed by atoms with Gasteiger partial charge in [0.15, 0.2) is 5.69 Å². The first-order valence-corrected chi connectivity index (χ1v) is 13.6. The molecule has 3 rings (SSSR count). The van der Waals surface area contributed by atoms with Crippen LogP contribution >= 0.6 is 15.9 Å². The summed E-state index contributed by atoms with van der Waals surface area (Å²) in [6, 6.07) is 5.61. The Hall–Kier alpha value is -3.49. The predicted molar refractivity (Wildman–Crippen MR) is 154 cm³/mol. The highest BCUT2D eigenvalue weighted by Gasteiger charge is 2.37. The lowest BCUT2D eigenvalue weighted by molar-refractivity contribution is -0.393. The number of hydrogen-bond acceptors (Lipinski definition) is 10. The standard InChI is InChI=1S/C26H33BrN6O7/c1-6-39-9-10-40-8-7-31-23-14-21(28-17(3)34)22(13-19(23)16(2)15-26(31,4)5)29-30-25-20(27)11-18(32(35)36)12-24(25)33(37)38/h11-14,16H,6-10,15H2,1-5H3,(H,28,34)/t16-/m1/s1. The summed E-state index contributed by atoms with van der Waals surface area (Å²) in [6.07, 6.45) is 0.842. The highest BCUT2D eigenvalue weighted by atomic mass is 79.9. The number of anilines is 2. The second-order valence-electron chi connectivity index (χ2n) is 10.00. The number of azo groups is 1. The number of hydrogen-bond donors (Lipinski definition) is 1. The number of halogens is 1. The fourth-order valence-corrected chi connectivity index (χ4v) is 5.37. The van der Waals surface area contributed by atoms with Gasteiger partial charge in [-0.25, -0.2) is 0 Å². The molecule has 0 saturated heterocycles. The second kappa shape index (κ2) is 13.2. The quantitative estimate of drug-likeness (QED) is 0.117. The summed E-state index contributed by atoms with van der Waals surface area (Å²) >= 11 is 3.14. The fraction of sp³-hybridized carbons (Fsp3) is 0.500. The molecule has 40 heavy (non-hydrogen) atoms. The zero-order chi connectivity index (χ0) is 29.6. The van der Waals surface area contributed by atoms with Crippen molar-refractivity contribution in [1.82, 2.24) is 0 Å². The number of rotatable bonds is 12. The van der Waals surface area contributed by atoms with Gasteiger partial charge in [-0.15, -0.1) is 10.2 Å². The molecular formula is C26H33BrN6O7. The third kappa shape index (κ3) is 7.37. The van der Waals surface area contributed by atoms with Crippen LogP contribution in [-0.4, -0.2) is 54.3 Å². The van der Waals surface area contributed by atoms with E-state index in [1.165, 1.54) is 6.92 Å². The number of carbonyl (C=O) groups is 1. The number of amides is 1. The largest absolute Gasteiger partial charge is 0.379 e. The monoisotopic (exact) mass is 620 g/mol. The first-order chi connectivity index (χ1) is 18.9. The molecule has 1 aliphatic rings. The molecule has 13 nitrogen and oxygen atoms in total. The van der Waals surface area contributed by atoms with E-state index in [-0.39, 0.29) is 27.5 Å². The summed E-state index contributed by atoms with van der Waals surface area (Å²) in [4.78, 5) is 35.7. The van der Waals surface area contributed by atoms with Crippen molar-refractivity contribution in [3.63, 3.8) is 0 Å². The topological polar surface area (TPSA) is 162 Å². The molecule has 1 heterocycles. The maximum absolute atomic E-state index is 12.1. The minimum atomic E-state index is -0.758. The minimum Gasteiger partial charge on any atom is -0.379 e. The number of nitro groups is 2. The van der Waals surface area contributed by atoms with Crippen LogP contribution < -0.4 is 10.2 Å². The minimum absolute atomic E-state index is 0.0433. The molecule has 216 valence electrons. The number of fused-ring (bicyclic) bond motifs is 1. The molecule has 0 saturated carbocycles. The van der Waals surface area contributed by atoms with Crippen LogP contribution in [0, 0.1) is 20.2 Å². The predicted octanol–water partition coefficient (Wildman–Crippen LogP) is 6.78. The summed E-state index contributed by atoms with van der Waals surface area (Å²) in [6.45, 7) is 12.5. The van der Waals surface area contributed by atoms with E-state index < -0.39 is 21.2 Å². The normalized spacial score (nSPS) is 16.1. The molecule has 0 spiro atoms. The average Bonchev–Trinajstić information content (AvgIpc) is 2.86. The van der Waals surface area contributed by atoms with Gasteiger partial charge in [-0.05, 0) is 66.7 Å². The van der Waals surface area contributed by atoms with Gasteiger partial charge in [-0.1, -0.05) is 6.92 Å². The van der Waals surface area contributed by atoms with Crippen LogP contribution in [0.1, 0.15) is 52.5 Å². The molecule has 14 heteroatoms. The first kappa shape index (κ1) is 31.0. The van der Waals surface area contributed by atoms with Crippen LogP contribution in [0.2, 0.25) is 0 Å². The van der Waals surface area contributed by atoms with Crippen molar-refractivity contribution in [2.75, 3.05) is 43.2 Å². The zero-order valence-electron chi connectivity index (χ0n) is 23.1. The van der Waals surface area contributed by atoms with Crippen molar-refractivity contribution in [2.24, 2.45) is 10.2 Å². The van der Waals surface area contributed by atoms with Crippen molar-refractivity contribution < 1.29 is 24.1 Å². The van der Waals surface area contributed by atoms with E-state index in [0.29, 0.717) is 44.3 Å². The summed E-state index contributed by atoms with van der Waals surface area (Å²) in [5.41, 5.74) is 1.17. The van der Waals surface area contributed by atoms with Gasteiger partial charge in [0.05, 0.1) is 45.9 Å². The van der Waals surface area contributed by atoms with Crippen molar-refractivity contribution in [2.45, 2.75) is 52.5 Å². The van der Waals surface area contributed by atoms with Gasteiger partial charge in [0.25, 0.3) is 5.69 Å². The van der Waals surface area contributed by atoms with Crippen molar-refractivity contribution in [3.05, 3.63) is 54.5 Å². The molecule has 1 N–H and O–H groups in total. The Morgan fingerprint density at radius 3 is 2.45 bits per heavy atom. The molecule has 0 aromatic heterocycles. The van der Waals surface area contributed by atoms with Crippen LogP contribution in [0.25, 0.3) is 0 Å². The number of nitrogens with zero attached hydrogens (tertiary/aromatic N) is 5. The molecule has 1 atom stereocenters. The van der Waals surface area contributed by atoms with Gasteiger partial charge in [-0.2, -0.15) is 0 Å². The molecule has 0 bridgehead atoms. The number of ether oxygens (including phenoxy) is 2. The Balaban J connectivity index is 2.04. The molecule has 2 aromatic rings. The molecule has 2 aromatic carbocycles. The Morgan fingerprint density at radius 1 is 1.12 bits per heavy atom. The maximum Gasteiger partial charge on any atom is 0.304 e. The number of benzene rings is 2. The molecule has 0 aliphatic carbocycles. The lowest BCUT2D eigenvalue weighted by Crippen LogP contribution is -2.49. The summed E-state index contributed by atoms with van der Waals surface area (Å²) in [7, 11) is 0. The number of carbonyl (C=O) groups excluding carboxylic acids is 1. The maximum atomic E-state index is 12.1. The van der Waals surface area contributed by atoms with Crippen LogP contribution in [0.15, 0.2) is 39.0 Å². The van der Waals surface area contributed by atoms with Gasteiger partial charge in [-0.3, -0.25) is 25.0 Å². The Kier molecular flexibility index (Phi) is 10.3. The van der Waals surface area contributed by atoms with Gasteiger partial charge in [0, 0.05) is 37.4 Å². The first-order valence-electron chi connectivity index (χ1n) is 12.8. The third-order valence-electron chi connectivity index (χ3n) is 6.54. The zero-order valence-corrected chi connectivity index (χ0v) is 24.7. The lowest BCUT2D eigenvalue weighted by Gasteiger charge is -2.47. The van der Waals surface area contributed by atoms with E-state index in [0.717, 1.165) is 29.8 Å². The highest BCUT2D eigenvalue weighted by Crippen LogP contribution is 2.48. The van der Waals surface area contributed by atoms with E-state index in [9.17, 15) is 25.0 Å². The highest BCUT2D eigenvalue weighted by molar-refractivity contribution is 9.10. The molecule has 1 amide bonds. The average molecular weight is 621 g/mol. The summed E-state index contributed by atoms with van der Waals surface area (Å²) in [5, 5.41) is 34.0. The van der Waals surface area contributed by atoms with Gasteiger partial charge >= 0.3 is 5.69 Å². The van der Waals surface area contributed by atoms with Crippen molar-refractivity contribution >= 4 is 56.0 Å². The van der Waals surface area contributed by atoms with E-state index in [1.807, 2.05) is 19.1 Å². The molecular weight excluding hydrogens is 588 g/mol. The smallest absolute Gasteiger partial charge is 0.304 e. The lowest BCUT2D eigenvalue weighted by atomic mass is 9.79. The number of nitrogens with one attached hydrogen (secondary N) is 1. The van der Waals surface area contributed by atoms with Crippen LogP contribution in [0.5, 0.6) is 0 Å². The third-order valence-corrected chi connectivity index (χ3v) is 7.15. The second-order valence-corrected chi connectivity index (χ2v) is 10.9. The van der Waals surface area contributed by atoms with Gasteiger partial charge in [0.2, 0.25) is 5.91 Å². The van der Waals surface area contributed by atoms with Crippen LogP contribution in [-0.2, 0) is 14.3 Å². The van der Waals surface area contributed by atoms with Crippen LogP contribution in [0.4, 0.5) is 34.1 Å². The molecule has 0 fully saturated rings. The van der Waals surface area contributed by atoms with Crippen LogP contribution in [0.3, 0.4) is 0 Å². The van der Waals surface area contributed by atoms with E-state index in [2.05, 4.69) is 57.1 Å². The number of non-ortho nitro benzene ring substituents is 1. The van der Waals surface area contributed by atoms with E-state index >= 15 is 0 Å². The fourth-order valence-electron chi connectivity index (χ4n) is 4.85. The molecule has 0 unspecified atom stereocenters. The number of nitro benzene ring substituents is 2. The SMILES string of the molecule is CCOCCOCCN1c2cc(NC(C)=O)c(N=Nc3c(Br)cc([N+](=O)[O-])cc3[N+](=O)[O-])cc2[C@H](C)CC1(C)C. The Bertz CT molecular complexity index is 1320. The Labute approximate surface area is 240 Å². The van der Waals surface area contributed by atoms with E-state index in [1.54, 1.807) is 0 Å². The molecule has 0 radical (unpaired) electrons. The van der Waals surface area contributed by atoms with E-state index in [4.69, 9.17) is 9.47 Å². The summed E-state index contributed by atoms with van der Waals surface area (Å²) in [5.74, 6) is -0.186.